The van der Waals surface area contributed by atoms with Gasteiger partial charge in [-0.2, -0.15) is 8.61 Å². The van der Waals surface area contributed by atoms with Crippen LogP contribution >= 0.6 is 11.6 Å². The van der Waals surface area contributed by atoms with Gasteiger partial charge in [0.15, 0.2) is 0 Å². The first-order valence-electron chi connectivity index (χ1n) is 9.29. The maximum atomic E-state index is 13.3. The second-order valence-corrected chi connectivity index (χ2v) is 11.6. The Morgan fingerprint density at radius 2 is 1.14 bits per heavy atom. The highest BCUT2D eigenvalue weighted by molar-refractivity contribution is 7.89. The minimum atomic E-state index is -3.71. The monoisotopic (exact) mass is 456 g/mol. The zero-order valence-corrected chi connectivity index (χ0v) is 19.3. The van der Waals surface area contributed by atoms with Crippen LogP contribution < -0.4 is 0 Å². The van der Waals surface area contributed by atoms with Crippen LogP contribution in [0, 0.1) is 27.7 Å². The molecule has 158 valence electrons. The van der Waals surface area contributed by atoms with Gasteiger partial charge in [0, 0.05) is 31.2 Å². The first-order chi connectivity index (χ1) is 13.5. The van der Waals surface area contributed by atoms with Crippen molar-refractivity contribution in [3.8, 4) is 0 Å². The average Bonchev–Trinajstić information content (AvgIpc) is 2.67. The zero-order valence-electron chi connectivity index (χ0n) is 16.9. The maximum Gasteiger partial charge on any atom is 0.243 e. The molecule has 1 heterocycles. The molecule has 1 aliphatic rings. The molecule has 0 atom stereocenters. The van der Waals surface area contributed by atoms with Crippen molar-refractivity contribution in [2.75, 3.05) is 26.2 Å². The summed E-state index contributed by atoms with van der Waals surface area (Å²) in [7, 11) is -7.40. The molecule has 1 saturated heterocycles. The molecule has 0 aliphatic carbocycles. The summed E-state index contributed by atoms with van der Waals surface area (Å²) in [5.41, 5.74) is 3.33. The van der Waals surface area contributed by atoms with Crippen molar-refractivity contribution in [3.63, 3.8) is 0 Å². The average molecular weight is 457 g/mol. The molecule has 2 aromatic carbocycles. The molecule has 6 nitrogen and oxygen atoms in total. The highest BCUT2D eigenvalue weighted by Crippen LogP contribution is 2.30. The lowest BCUT2D eigenvalue weighted by atomic mass is 10.0. The Hall–Kier alpha value is -1.45. The van der Waals surface area contributed by atoms with Crippen LogP contribution in [0.3, 0.4) is 0 Å². The number of sulfonamides is 2. The molecule has 0 aromatic heterocycles. The van der Waals surface area contributed by atoms with Gasteiger partial charge in [0.05, 0.1) is 9.79 Å². The summed E-state index contributed by atoms with van der Waals surface area (Å²) in [6, 6.07) is 7.97. The van der Waals surface area contributed by atoms with Crippen LogP contribution in [0.4, 0.5) is 0 Å². The van der Waals surface area contributed by atoms with E-state index in [0.717, 1.165) is 22.3 Å². The quantitative estimate of drug-likeness (QED) is 0.707. The third-order valence-electron chi connectivity index (χ3n) is 5.54. The number of hydrogen-bond acceptors (Lipinski definition) is 4. The lowest BCUT2D eigenvalue weighted by Crippen LogP contribution is -2.50. The fraction of sp³-hybridized carbons (Fsp3) is 0.400. The summed E-state index contributed by atoms with van der Waals surface area (Å²) in [6.45, 7) is 7.86. The van der Waals surface area contributed by atoms with Gasteiger partial charge in [0.1, 0.15) is 0 Å². The molecule has 1 fully saturated rings. The van der Waals surface area contributed by atoms with Crippen LogP contribution in [0.1, 0.15) is 22.3 Å². The number of rotatable bonds is 4. The predicted molar refractivity (Wildman–Crippen MR) is 114 cm³/mol. The Kier molecular flexibility index (Phi) is 6.13. The van der Waals surface area contributed by atoms with Crippen molar-refractivity contribution < 1.29 is 16.8 Å². The van der Waals surface area contributed by atoms with Crippen molar-refractivity contribution in [1.29, 1.82) is 0 Å². The van der Waals surface area contributed by atoms with Crippen LogP contribution in [0.25, 0.3) is 0 Å². The normalized spacial score (nSPS) is 16.9. The Labute approximate surface area is 178 Å². The van der Waals surface area contributed by atoms with Gasteiger partial charge in [0.25, 0.3) is 0 Å². The first kappa shape index (κ1) is 22.2. The molecule has 9 heteroatoms. The molecule has 1 aliphatic heterocycles. The van der Waals surface area contributed by atoms with Gasteiger partial charge in [0.2, 0.25) is 20.0 Å². The largest absolute Gasteiger partial charge is 0.243 e. The molecule has 0 N–H and O–H groups in total. The van der Waals surface area contributed by atoms with E-state index in [2.05, 4.69) is 0 Å². The molecular weight excluding hydrogens is 432 g/mol. The molecule has 3 rings (SSSR count). The summed E-state index contributed by atoms with van der Waals surface area (Å²) in [5.74, 6) is 0. The molecule has 0 radical (unpaired) electrons. The van der Waals surface area contributed by atoms with E-state index in [1.165, 1.54) is 32.9 Å². The van der Waals surface area contributed by atoms with Crippen molar-refractivity contribution in [2.24, 2.45) is 0 Å². The number of aryl methyl sites for hydroxylation is 2. The summed E-state index contributed by atoms with van der Waals surface area (Å²) in [4.78, 5) is 0.489. The molecule has 0 spiro atoms. The standard InChI is InChI=1S/C20H25ClN2O4S2/c1-14-13-15(2)17(4)20(16(14)3)29(26,27)23-11-9-22(10-12-23)28(24,25)19-7-5-18(21)6-8-19/h5-8,13H,9-12H2,1-4H3. The van der Waals surface area contributed by atoms with Crippen molar-refractivity contribution >= 4 is 31.6 Å². The fourth-order valence-corrected chi connectivity index (χ4v) is 7.15. The van der Waals surface area contributed by atoms with Crippen molar-refractivity contribution in [2.45, 2.75) is 37.5 Å². The highest BCUT2D eigenvalue weighted by Gasteiger charge is 2.35. The van der Waals surface area contributed by atoms with Crippen LogP contribution in [-0.2, 0) is 20.0 Å². The Balaban J connectivity index is 1.85. The predicted octanol–water partition coefficient (Wildman–Crippen LogP) is 3.27. The van der Waals surface area contributed by atoms with E-state index in [9.17, 15) is 16.8 Å². The molecule has 0 unspecified atom stereocenters. The SMILES string of the molecule is Cc1cc(C)c(C)c(S(=O)(=O)N2CCN(S(=O)(=O)c3ccc(Cl)cc3)CC2)c1C. The Morgan fingerprint density at radius 1 is 0.724 bits per heavy atom. The summed E-state index contributed by atoms with van der Waals surface area (Å²) >= 11 is 5.84. The lowest BCUT2D eigenvalue weighted by molar-refractivity contribution is 0.272. The number of hydrogen-bond donors (Lipinski definition) is 0. The second-order valence-electron chi connectivity index (χ2n) is 7.35. The molecule has 0 bridgehead atoms. The highest BCUT2D eigenvalue weighted by atomic mass is 35.5. The summed E-state index contributed by atoms with van der Waals surface area (Å²) < 4.78 is 55.1. The third kappa shape index (κ3) is 4.09. The topological polar surface area (TPSA) is 74.8 Å². The molecule has 29 heavy (non-hydrogen) atoms. The number of benzene rings is 2. The van der Waals surface area contributed by atoms with E-state index in [1.54, 1.807) is 0 Å². The van der Waals surface area contributed by atoms with Gasteiger partial charge in [-0.05, 0) is 74.2 Å². The van der Waals surface area contributed by atoms with Gasteiger partial charge in [-0.15, -0.1) is 0 Å². The van der Waals surface area contributed by atoms with Gasteiger partial charge >= 0.3 is 0 Å². The summed E-state index contributed by atoms with van der Waals surface area (Å²) in [6.07, 6.45) is 0. The van der Waals surface area contributed by atoms with Gasteiger partial charge < -0.3 is 0 Å². The molecule has 0 saturated carbocycles. The van der Waals surface area contributed by atoms with E-state index >= 15 is 0 Å². The number of piperazine rings is 1. The first-order valence-corrected chi connectivity index (χ1v) is 12.6. The minimum Gasteiger partial charge on any atom is -0.207 e. The summed E-state index contributed by atoms with van der Waals surface area (Å²) in [5, 5.41) is 0.457. The van der Waals surface area contributed by atoms with E-state index in [-0.39, 0.29) is 31.1 Å². The lowest BCUT2D eigenvalue weighted by Gasteiger charge is -2.34. The van der Waals surface area contributed by atoms with E-state index in [0.29, 0.717) is 9.92 Å². The molecule has 2 aromatic rings. The van der Waals surface area contributed by atoms with Crippen molar-refractivity contribution in [1.82, 2.24) is 8.61 Å². The third-order valence-corrected chi connectivity index (χ3v) is 9.88. The van der Waals surface area contributed by atoms with Crippen LogP contribution in [-0.4, -0.2) is 51.6 Å². The van der Waals surface area contributed by atoms with Crippen LogP contribution in [0.15, 0.2) is 40.1 Å². The molecule has 0 amide bonds. The zero-order chi connectivity index (χ0) is 21.6. The molecular formula is C20H25ClN2O4S2. The van der Waals surface area contributed by atoms with Crippen LogP contribution in [0.2, 0.25) is 5.02 Å². The van der Waals surface area contributed by atoms with Gasteiger partial charge in [-0.1, -0.05) is 17.7 Å². The Morgan fingerprint density at radius 3 is 1.59 bits per heavy atom. The number of halogens is 1. The smallest absolute Gasteiger partial charge is 0.207 e. The van der Waals surface area contributed by atoms with Gasteiger partial charge in [-0.25, -0.2) is 16.8 Å². The number of nitrogens with zero attached hydrogens (tertiary/aromatic N) is 2. The van der Waals surface area contributed by atoms with Gasteiger partial charge in [-0.3, -0.25) is 0 Å². The van der Waals surface area contributed by atoms with Crippen molar-refractivity contribution in [3.05, 3.63) is 57.6 Å². The van der Waals surface area contributed by atoms with E-state index in [4.69, 9.17) is 11.6 Å². The van der Waals surface area contributed by atoms with E-state index < -0.39 is 20.0 Å². The van der Waals surface area contributed by atoms with Crippen LogP contribution in [0.5, 0.6) is 0 Å². The minimum absolute atomic E-state index is 0.104. The maximum absolute atomic E-state index is 13.3. The second kappa shape index (κ2) is 8.00. The Bertz CT molecular complexity index is 1110. The van der Waals surface area contributed by atoms with E-state index in [1.807, 2.05) is 33.8 Å². The fourth-order valence-electron chi connectivity index (χ4n) is 3.60.